The van der Waals surface area contributed by atoms with Crippen LogP contribution in [-0.4, -0.2) is 52.3 Å². The SMILES string of the molecule is COCOc1cc(OCOC)cc(C(C(=O)OC)c2cccc(C=NO)c2)c1. The van der Waals surface area contributed by atoms with Gasteiger partial charge in [-0.25, -0.2) is 0 Å². The molecule has 2 aromatic carbocycles. The van der Waals surface area contributed by atoms with Gasteiger partial charge in [-0.2, -0.15) is 0 Å². The summed E-state index contributed by atoms with van der Waals surface area (Å²) in [6.07, 6.45) is 1.28. The van der Waals surface area contributed by atoms with Crippen LogP contribution >= 0.6 is 0 Å². The molecule has 1 unspecified atom stereocenters. The molecule has 2 rings (SSSR count). The fraction of sp³-hybridized carbons (Fsp3) is 0.300. The number of esters is 1. The number of ether oxygens (including phenoxy) is 5. The zero-order valence-corrected chi connectivity index (χ0v) is 16.0. The summed E-state index contributed by atoms with van der Waals surface area (Å²) in [6, 6.07) is 12.1. The third kappa shape index (κ3) is 5.70. The first kappa shape index (κ1) is 21.2. The maximum Gasteiger partial charge on any atom is 0.317 e. The van der Waals surface area contributed by atoms with Gasteiger partial charge >= 0.3 is 5.97 Å². The second-order valence-corrected chi connectivity index (χ2v) is 5.71. The van der Waals surface area contributed by atoms with Crippen molar-refractivity contribution in [2.45, 2.75) is 5.92 Å². The third-order valence-electron chi connectivity index (χ3n) is 3.81. The van der Waals surface area contributed by atoms with Crippen LogP contribution in [0.5, 0.6) is 11.5 Å². The highest BCUT2D eigenvalue weighted by molar-refractivity contribution is 5.84. The van der Waals surface area contributed by atoms with Gasteiger partial charge in [-0.05, 0) is 34.9 Å². The first-order valence-corrected chi connectivity index (χ1v) is 8.36. The van der Waals surface area contributed by atoms with Gasteiger partial charge in [0.15, 0.2) is 13.6 Å². The van der Waals surface area contributed by atoms with E-state index in [0.29, 0.717) is 28.2 Å². The summed E-state index contributed by atoms with van der Waals surface area (Å²) < 4.78 is 26.0. The molecule has 1 atom stereocenters. The Morgan fingerprint density at radius 1 is 1.00 bits per heavy atom. The first-order valence-electron chi connectivity index (χ1n) is 8.36. The number of rotatable bonds is 10. The summed E-state index contributed by atoms with van der Waals surface area (Å²) in [6.45, 7) is 0.0804. The number of hydrogen-bond acceptors (Lipinski definition) is 8. The lowest BCUT2D eigenvalue weighted by atomic mass is 9.90. The average molecular weight is 389 g/mol. The van der Waals surface area contributed by atoms with Crippen molar-refractivity contribution in [3.05, 3.63) is 59.2 Å². The summed E-state index contributed by atoms with van der Waals surface area (Å²) in [5.41, 5.74) is 1.90. The predicted molar refractivity (Wildman–Crippen MR) is 101 cm³/mol. The Balaban J connectivity index is 2.52. The van der Waals surface area contributed by atoms with Gasteiger partial charge in [0.2, 0.25) is 0 Å². The van der Waals surface area contributed by atoms with Crippen molar-refractivity contribution in [3.63, 3.8) is 0 Å². The molecule has 8 nitrogen and oxygen atoms in total. The van der Waals surface area contributed by atoms with E-state index in [0.717, 1.165) is 0 Å². The standard InChI is InChI=1S/C20H23NO7/c1-24-12-27-17-8-16(9-18(10-17)28-13-25-2)19(20(22)26-3)15-6-4-5-14(7-15)11-21-23/h4-11,19,23H,12-13H2,1-3H3. The van der Waals surface area contributed by atoms with E-state index >= 15 is 0 Å². The van der Waals surface area contributed by atoms with Crippen molar-refractivity contribution >= 4 is 12.2 Å². The zero-order chi connectivity index (χ0) is 20.4. The van der Waals surface area contributed by atoms with Crippen molar-refractivity contribution in [3.8, 4) is 11.5 Å². The summed E-state index contributed by atoms with van der Waals surface area (Å²) in [5.74, 6) is -0.271. The lowest BCUT2D eigenvalue weighted by Gasteiger charge is -2.18. The fourth-order valence-electron chi connectivity index (χ4n) is 2.65. The Morgan fingerprint density at radius 2 is 1.64 bits per heavy atom. The first-order chi connectivity index (χ1) is 13.6. The van der Waals surface area contributed by atoms with Gasteiger partial charge in [0.05, 0.1) is 13.3 Å². The molecule has 0 bridgehead atoms. The molecule has 0 saturated carbocycles. The predicted octanol–water partition coefficient (Wildman–Crippen LogP) is 2.77. The van der Waals surface area contributed by atoms with Crippen LogP contribution in [0, 0.1) is 0 Å². The van der Waals surface area contributed by atoms with Gasteiger partial charge in [0.1, 0.15) is 17.4 Å². The monoisotopic (exact) mass is 389 g/mol. The molecule has 0 fully saturated rings. The van der Waals surface area contributed by atoms with E-state index < -0.39 is 11.9 Å². The average Bonchev–Trinajstić information content (AvgIpc) is 2.71. The number of nitrogens with zero attached hydrogens (tertiary/aromatic N) is 1. The summed E-state index contributed by atoms with van der Waals surface area (Å²) in [7, 11) is 4.34. The molecule has 150 valence electrons. The molecular formula is C20H23NO7. The van der Waals surface area contributed by atoms with Crippen LogP contribution in [0.3, 0.4) is 0 Å². The topological polar surface area (TPSA) is 95.8 Å². The summed E-state index contributed by atoms with van der Waals surface area (Å²) in [5, 5.41) is 11.8. The van der Waals surface area contributed by atoms with E-state index in [4.69, 9.17) is 28.9 Å². The van der Waals surface area contributed by atoms with Crippen molar-refractivity contribution in [1.82, 2.24) is 0 Å². The van der Waals surface area contributed by atoms with Crippen molar-refractivity contribution in [2.24, 2.45) is 5.16 Å². The minimum absolute atomic E-state index is 0.0402. The van der Waals surface area contributed by atoms with E-state index in [1.54, 1.807) is 42.5 Å². The van der Waals surface area contributed by atoms with Crippen molar-refractivity contribution in [2.75, 3.05) is 34.9 Å². The molecule has 2 aromatic rings. The largest absolute Gasteiger partial charge is 0.468 e. The molecule has 0 aliphatic rings. The number of carbonyl (C=O) groups is 1. The van der Waals surface area contributed by atoms with Gasteiger partial charge in [0, 0.05) is 20.3 Å². The molecule has 0 aromatic heterocycles. The van der Waals surface area contributed by atoms with E-state index in [1.165, 1.54) is 27.5 Å². The highest BCUT2D eigenvalue weighted by Crippen LogP contribution is 2.33. The van der Waals surface area contributed by atoms with Crippen LogP contribution < -0.4 is 9.47 Å². The quantitative estimate of drug-likeness (QED) is 0.219. The van der Waals surface area contributed by atoms with E-state index in [2.05, 4.69) is 5.16 Å². The van der Waals surface area contributed by atoms with Crippen LogP contribution in [-0.2, 0) is 19.0 Å². The van der Waals surface area contributed by atoms with Gasteiger partial charge in [0.25, 0.3) is 0 Å². The Morgan fingerprint density at radius 3 is 2.18 bits per heavy atom. The van der Waals surface area contributed by atoms with Gasteiger partial charge < -0.3 is 28.9 Å². The number of hydrogen-bond donors (Lipinski definition) is 1. The number of oxime groups is 1. The molecule has 28 heavy (non-hydrogen) atoms. The smallest absolute Gasteiger partial charge is 0.317 e. The second-order valence-electron chi connectivity index (χ2n) is 5.71. The number of benzene rings is 2. The molecule has 8 heteroatoms. The maximum absolute atomic E-state index is 12.6. The number of methoxy groups -OCH3 is 3. The maximum atomic E-state index is 12.6. The molecule has 0 saturated heterocycles. The summed E-state index contributed by atoms with van der Waals surface area (Å²) >= 11 is 0. The fourth-order valence-corrected chi connectivity index (χ4v) is 2.65. The molecule has 0 spiro atoms. The lowest BCUT2D eigenvalue weighted by Crippen LogP contribution is -2.16. The Kier molecular flexibility index (Phi) is 8.26. The van der Waals surface area contributed by atoms with Crippen LogP contribution in [0.25, 0.3) is 0 Å². The second kappa shape index (κ2) is 10.9. The van der Waals surface area contributed by atoms with E-state index in [9.17, 15) is 4.79 Å². The summed E-state index contributed by atoms with van der Waals surface area (Å²) in [4.78, 5) is 12.6. The van der Waals surface area contributed by atoms with E-state index in [-0.39, 0.29) is 13.6 Å². The molecule has 1 N–H and O–H groups in total. The molecule has 0 aliphatic heterocycles. The van der Waals surface area contributed by atoms with Gasteiger partial charge in [-0.15, -0.1) is 0 Å². The van der Waals surface area contributed by atoms with Gasteiger partial charge in [-0.3, -0.25) is 4.79 Å². The van der Waals surface area contributed by atoms with Crippen LogP contribution in [0.4, 0.5) is 0 Å². The Bertz CT molecular complexity index is 781. The third-order valence-corrected chi connectivity index (χ3v) is 3.81. The molecule has 0 heterocycles. The Hall–Kier alpha value is -3.10. The molecule has 0 radical (unpaired) electrons. The van der Waals surface area contributed by atoms with Crippen molar-refractivity contribution < 1.29 is 33.7 Å². The van der Waals surface area contributed by atoms with E-state index in [1.807, 2.05) is 0 Å². The Labute approximate surface area is 163 Å². The zero-order valence-electron chi connectivity index (χ0n) is 16.0. The van der Waals surface area contributed by atoms with Gasteiger partial charge in [-0.1, -0.05) is 23.4 Å². The molecule has 0 amide bonds. The van der Waals surface area contributed by atoms with Crippen LogP contribution in [0.1, 0.15) is 22.6 Å². The van der Waals surface area contributed by atoms with Crippen molar-refractivity contribution in [1.29, 1.82) is 0 Å². The highest BCUT2D eigenvalue weighted by atomic mass is 16.7. The number of carbonyl (C=O) groups excluding carboxylic acids is 1. The minimum Gasteiger partial charge on any atom is -0.468 e. The highest BCUT2D eigenvalue weighted by Gasteiger charge is 2.25. The molecular weight excluding hydrogens is 366 g/mol. The van der Waals surface area contributed by atoms with Crippen LogP contribution in [0.2, 0.25) is 0 Å². The van der Waals surface area contributed by atoms with Crippen LogP contribution in [0.15, 0.2) is 47.6 Å². The lowest BCUT2D eigenvalue weighted by molar-refractivity contribution is -0.141. The molecule has 0 aliphatic carbocycles. The normalized spacial score (nSPS) is 12.0. The minimum atomic E-state index is -0.743.